The van der Waals surface area contributed by atoms with Crippen LogP contribution in [-0.4, -0.2) is 60.7 Å². The van der Waals surface area contributed by atoms with Crippen LogP contribution in [0.1, 0.15) is 23.2 Å². The first-order valence-electron chi connectivity index (χ1n) is 10.8. The molecule has 3 aliphatic heterocycles. The Labute approximate surface area is 204 Å². The second kappa shape index (κ2) is 8.13. The number of likely N-dealkylation sites (tertiary alicyclic amines) is 1. The van der Waals surface area contributed by atoms with Gasteiger partial charge in [-0.2, -0.15) is 13.2 Å². The van der Waals surface area contributed by atoms with Gasteiger partial charge in [-0.3, -0.25) is 9.78 Å². The molecule has 0 bridgehead atoms. The van der Waals surface area contributed by atoms with Crippen LogP contribution in [0.4, 0.5) is 30.7 Å². The highest BCUT2D eigenvalue weighted by molar-refractivity contribution is 7.92. The summed E-state index contributed by atoms with van der Waals surface area (Å²) in [6.45, 7) is -0.727. The molecule has 0 N–H and O–H groups in total. The van der Waals surface area contributed by atoms with Crippen molar-refractivity contribution in [2.24, 2.45) is 11.1 Å². The number of carbonyl (C=O) groups excluding carboxylic acids is 1. The van der Waals surface area contributed by atoms with Crippen molar-refractivity contribution in [2.45, 2.75) is 23.9 Å². The predicted molar refractivity (Wildman–Crippen MR) is 112 cm³/mol. The largest absolute Gasteiger partial charge is 0.435 e. The normalized spacial score (nSPS) is 24.6. The summed E-state index contributed by atoms with van der Waals surface area (Å²) in [6.07, 6.45) is -5.18. The zero-order chi connectivity index (χ0) is 27.0. The molecule has 0 aliphatic carbocycles. The van der Waals surface area contributed by atoms with Gasteiger partial charge in [0.05, 0.1) is 48.3 Å². The monoisotopic (exact) mass is 551 g/mol. The van der Waals surface area contributed by atoms with Crippen LogP contribution >= 0.6 is 0 Å². The summed E-state index contributed by atoms with van der Waals surface area (Å²) in [5, 5.41) is 3.41. The number of carbonyl (C=O) groups is 1. The Hall–Kier alpha value is -3.23. The van der Waals surface area contributed by atoms with E-state index in [1.807, 2.05) is 0 Å². The van der Waals surface area contributed by atoms with Crippen LogP contribution in [0.25, 0.3) is 0 Å². The van der Waals surface area contributed by atoms with Gasteiger partial charge in [0.1, 0.15) is 0 Å². The van der Waals surface area contributed by atoms with E-state index in [9.17, 15) is 39.6 Å². The molecule has 1 unspecified atom stereocenters. The predicted octanol–water partition coefficient (Wildman–Crippen LogP) is 3.13. The van der Waals surface area contributed by atoms with Gasteiger partial charge in [0.25, 0.3) is 5.60 Å². The Kier molecular flexibility index (Phi) is 5.59. The number of nitrogens with zero attached hydrogens (tertiary/aromatic N) is 3. The Morgan fingerprint density at radius 2 is 1.70 bits per heavy atom. The fraction of sp³-hybridized carbons (Fsp3) is 0.409. The Bertz CT molecular complexity index is 1390. The minimum Gasteiger partial charge on any atom is -0.374 e. The van der Waals surface area contributed by atoms with Crippen molar-refractivity contribution in [1.29, 1.82) is 0 Å². The molecule has 37 heavy (non-hydrogen) atoms. The average molecular weight is 551 g/mol. The molecule has 1 amide bonds. The maximum Gasteiger partial charge on any atom is 0.435 e. The van der Waals surface area contributed by atoms with Crippen LogP contribution in [0.5, 0.6) is 0 Å². The first-order valence-corrected chi connectivity index (χ1v) is 12.6. The highest BCUT2D eigenvalue weighted by atomic mass is 32.2. The summed E-state index contributed by atoms with van der Waals surface area (Å²) in [5.74, 6) is -7.35. The summed E-state index contributed by atoms with van der Waals surface area (Å²) < 4.78 is 120. The van der Waals surface area contributed by atoms with Gasteiger partial charge in [-0.1, -0.05) is 5.16 Å². The second-order valence-corrected chi connectivity index (χ2v) is 11.4. The molecule has 2 fully saturated rings. The van der Waals surface area contributed by atoms with E-state index in [4.69, 9.17) is 0 Å². The maximum absolute atomic E-state index is 15.2. The van der Waals surface area contributed by atoms with Crippen LogP contribution in [0.2, 0.25) is 0 Å². The number of alkyl halides is 4. The molecule has 2 aromatic rings. The molecular formula is C22H16F7N3O4S. The fourth-order valence-corrected chi connectivity index (χ4v) is 5.93. The third-order valence-corrected chi connectivity index (χ3v) is 8.47. The van der Waals surface area contributed by atoms with Crippen molar-refractivity contribution in [3.8, 4) is 0 Å². The van der Waals surface area contributed by atoms with Crippen molar-refractivity contribution >= 4 is 21.5 Å². The van der Waals surface area contributed by atoms with E-state index in [2.05, 4.69) is 15.0 Å². The molecule has 0 saturated carbocycles. The zero-order valence-electron chi connectivity index (χ0n) is 18.5. The molecule has 1 aromatic carbocycles. The number of aromatic nitrogens is 1. The number of rotatable bonds is 4. The highest BCUT2D eigenvalue weighted by Gasteiger charge is 2.63. The van der Waals surface area contributed by atoms with Crippen LogP contribution < -0.4 is 0 Å². The smallest absolute Gasteiger partial charge is 0.374 e. The molecule has 15 heteroatoms. The Morgan fingerprint density at radius 3 is 2.22 bits per heavy atom. The zero-order valence-corrected chi connectivity index (χ0v) is 19.3. The molecule has 2 saturated heterocycles. The third kappa shape index (κ3) is 4.12. The summed E-state index contributed by atoms with van der Waals surface area (Å²) >= 11 is 0. The van der Waals surface area contributed by atoms with E-state index < -0.39 is 68.5 Å². The standard InChI is InChI=1S/C22H16F7N3O4S/c23-14-3-13(4-15(24)18(14)25)21(22(27,28)29)5-16(31-36-21)11-1-2-17(30-6-11)20(26)9-32(10-20)19(33)12-7-37(34,35)8-12/h1-4,6,12H,5,7-10H2. The van der Waals surface area contributed by atoms with Crippen molar-refractivity contribution in [2.75, 3.05) is 24.6 Å². The van der Waals surface area contributed by atoms with Gasteiger partial charge >= 0.3 is 6.18 Å². The maximum atomic E-state index is 15.2. The van der Waals surface area contributed by atoms with Gasteiger partial charge in [-0.25, -0.2) is 26.0 Å². The Morgan fingerprint density at radius 1 is 1.08 bits per heavy atom. The molecule has 3 aliphatic rings. The Balaban J connectivity index is 1.31. The van der Waals surface area contributed by atoms with Gasteiger partial charge in [0, 0.05) is 17.3 Å². The van der Waals surface area contributed by atoms with Crippen LogP contribution in [0, 0.1) is 23.4 Å². The molecule has 1 atom stereocenters. The first kappa shape index (κ1) is 25.4. The lowest BCUT2D eigenvalue weighted by Gasteiger charge is -2.46. The van der Waals surface area contributed by atoms with Crippen LogP contribution in [0.15, 0.2) is 35.6 Å². The van der Waals surface area contributed by atoms with E-state index in [1.165, 1.54) is 17.0 Å². The summed E-state index contributed by atoms with van der Waals surface area (Å²) in [7, 11) is -3.23. The lowest BCUT2D eigenvalue weighted by atomic mass is 9.86. The van der Waals surface area contributed by atoms with E-state index >= 15 is 4.39 Å². The van der Waals surface area contributed by atoms with Crippen molar-refractivity contribution in [1.82, 2.24) is 9.88 Å². The second-order valence-electron chi connectivity index (χ2n) is 9.25. The third-order valence-electron chi connectivity index (χ3n) is 6.65. The number of oxime groups is 1. The van der Waals surface area contributed by atoms with Gasteiger partial charge in [-0.15, -0.1) is 0 Å². The van der Waals surface area contributed by atoms with E-state index in [1.54, 1.807) is 0 Å². The molecule has 1 aromatic heterocycles. The molecule has 5 rings (SSSR count). The fourth-order valence-electron chi connectivity index (χ4n) is 4.52. The van der Waals surface area contributed by atoms with Gasteiger partial charge < -0.3 is 9.74 Å². The minimum absolute atomic E-state index is 0.00783. The summed E-state index contributed by atoms with van der Waals surface area (Å²) in [4.78, 5) is 22.0. The first-order chi connectivity index (χ1) is 17.1. The highest BCUT2D eigenvalue weighted by Crippen LogP contribution is 2.49. The number of halogens is 7. The van der Waals surface area contributed by atoms with Gasteiger partial charge in [0.15, 0.2) is 33.0 Å². The molecule has 0 radical (unpaired) electrons. The number of hydrogen-bond acceptors (Lipinski definition) is 6. The topological polar surface area (TPSA) is 88.9 Å². The number of sulfone groups is 1. The molecule has 0 spiro atoms. The molecule has 4 heterocycles. The lowest BCUT2D eigenvalue weighted by molar-refractivity contribution is -0.276. The number of benzene rings is 1. The lowest BCUT2D eigenvalue weighted by Crippen LogP contribution is -2.62. The quantitative estimate of drug-likeness (QED) is 0.431. The number of amides is 1. The van der Waals surface area contributed by atoms with E-state index in [-0.39, 0.29) is 53.7 Å². The van der Waals surface area contributed by atoms with Gasteiger partial charge in [0.2, 0.25) is 5.91 Å². The number of hydrogen-bond donors (Lipinski definition) is 0. The van der Waals surface area contributed by atoms with E-state index in [0.717, 1.165) is 6.20 Å². The average Bonchev–Trinajstić information content (AvgIpc) is 3.25. The molecular weight excluding hydrogens is 535 g/mol. The summed E-state index contributed by atoms with van der Waals surface area (Å²) in [5.41, 5.74) is -6.75. The van der Waals surface area contributed by atoms with Crippen molar-refractivity contribution in [3.63, 3.8) is 0 Å². The van der Waals surface area contributed by atoms with Gasteiger partial charge in [-0.05, 0) is 24.3 Å². The minimum atomic E-state index is -5.20. The SMILES string of the molecule is O=C(C1CS(=O)(=O)C1)N1CC(F)(c2ccc(C3=NOC(c4cc(F)c(F)c(F)c4)(C(F)(F)F)C3)cn2)C1. The summed E-state index contributed by atoms with van der Waals surface area (Å²) in [6, 6.07) is 2.79. The number of pyridine rings is 1. The van der Waals surface area contributed by atoms with Crippen LogP contribution in [-0.2, 0) is 30.7 Å². The van der Waals surface area contributed by atoms with Crippen molar-refractivity contribution < 1.29 is 48.8 Å². The molecule has 198 valence electrons. The van der Waals surface area contributed by atoms with Crippen molar-refractivity contribution in [3.05, 3.63) is 64.7 Å². The van der Waals surface area contributed by atoms with E-state index in [0.29, 0.717) is 0 Å². The van der Waals surface area contributed by atoms with Crippen LogP contribution in [0.3, 0.4) is 0 Å². The molecule has 7 nitrogen and oxygen atoms in total.